The molecule has 3 rings (SSSR count). The fourth-order valence-corrected chi connectivity index (χ4v) is 3.21. The van der Waals surface area contributed by atoms with Crippen LogP contribution in [0.1, 0.15) is 19.2 Å². The molecule has 0 aliphatic heterocycles. The molecule has 0 radical (unpaired) electrons. The topological polar surface area (TPSA) is 67.6 Å². The van der Waals surface area contributed by atoms with Gasteiger partial charge in [0.1, 0.15) is 5.75 Å². The first kappa shape index (κ1) is 20.9. The van der Waals surface area contributed by atoms with Crippen molar-refractivity contribution < 1.29 is 13.9 Å². The van der Waals surface area contributed by atoms with E-state index in [4.69, 9.17) is 20.8 Å². The molecule has 0 aliphatic carbocycles. The summed E-state index contributed by atoms with van der Waals surface area (Å²) < 4.78 is 11.2. The van der Waals surface area contributed by atoms with E-state index in [1.54, 1.807) is 13.3 Å². The first-order valence-electron chi connectivity index (χ1n) is 9.45. The SMILES string of the molecule is CCCN(CC(=O)Nc1ccccc1OC)Cc1ncc(-c2cccc(Cl)c2)o1. The average Bonchev–Trinajstić information content (AvgIpc) is 3.17. The summed E-state index contributed by atoms with van der Waals surface area (Å²) in [4.78, 5) is 18.9. The van der Waals surface area contributed by atoms with Gasteiger partial charge in [0, 0.05) is 10.6 Å². The number of ether oxygens (including phenoxy) is 1. The maximum atomic E-state index is 12.5. The maximum absolute atomic E-state index is 12.5. The highest BCUT2D eigenvalue weighted by atomic mass is 35.5. The van der Waals surface area contributed by atoms with Gasteiger partial charge < -0.3 is 14.5 Å². The lowest BCUT2D eigenvalue weighted by Gasteiger charge is -2.19. The van der Waals surface area contributed by atoms with E-state index in [1.165, 1.54) is 0 Å². The molecule has 0 bridgehead atoms. The zero-order valence-electron chi connectivity index (χ0n) is 16.5. The van der Waals surface area contributed by atoms with Gasteiger partial charge in [0.05, 0.1) is 32.1 Å². The molecule has 0 saturated carbocycles. The molecule has 0 atom stereocenters. The van der Waals surface area contributed by atoms with Crippen molar-refractivity contribution in [3.8, 4) is 17.1 Å². The van der Waals surface area contributed by atoms with Gasteiger partial charge in [-0.3, -0.25) is 9.69 Å². The number of anilines is 1. The predicted molar refractivity (Wildman–Crippen MR) is 114 cm³/mol. The molecule has 6 nitrogen and oxygen atoms in total. The van der Waals surface area contributed by atoms with Crippen molar-refractivity contribution in [1.29, 1.82) is 0 Å². The molecule has 152 valence electrons. The molecule has 0 aliphatic rings. The molecule has 7 heteroatoms. The molecule has 1 N–H and O–H groups in total. The quantitative estimate of drug-likeness (QED) is 0.542. The van der Waals surface area contributed by atoms with Crippen LogP contribution in [-0.2, 0) is 11.3 Å². The van der Waals surface area contributed by atoms with Crippen LogP contribution in [0.15, 0.2) is 59.1 Å². The van der Waals surface area contributed by atoms with E-state index in [0.717, 1.165) is 18.5 Å². The average molecular weight is 414 g/mol. The smallest absolute Gasteiger partial charge is 0.238 e. The summed E-state index contributed by atoms with van der Waals surface area (Å²) in [7, 11) is 1.58. The third kappa shape index (κ3) is 5.82. The van der Waals surface area contributed by atoms with E-state index in [0.29, 0.717) is 34.7 Å². The van der Waals surface area contributed by atoms with Crippen LogP contribution < -0.4 is 10.1 Å². The number of nitrogens with zero attached hydrogens (tertiary/aromatic N) is 2. The van der Waals surface area contributed by atoms with Crippen LogP contribution in [0, 0.1) is 0 Å². The number of aromatic nitrogens is 1. The number of benzene rings is 2. The lowest BCUT2D eigenvalue weighted by Crippen LogP contribution is -2.33. The van der Waals surface area contributed by atoms with Crippen molar-refractivity contribution in [1.82, 2.24) is 9.88 Å². The molecule has 2 aromatic carbocycles. The number of para-hydroxylation sites is 2. The Morgan fingerprint density at radius 2 is 2.07 bits per heavy atom. The van der Waals surface area contributed by atoms with Gasteiger partial charge in [-0.2, -0.15) is 0 Å². The van der Waals surface area contributed by atoms with Gasteiger partial charge in [-0.05, 0) is 37.2 Å². The first-order chi connectivity index (χ1) is 14.1. The van der Waals surface area contributed by atoms with Crippen molar-refractivity contribution in [3.63, 3.8) is 0 Å². The normalized spacial score (nSPS) is 10.9. The highest BCUT2D eigenvalue weighted by Crippen LogP contribution is 2.24. The molecule has 0 saturated heterocycles. The number of hydrogen-bond donors (Lipinski definition) is 1. The summed E-state index contributed by atoms with van der Waals surface area (Å²) in [5.74, 6) is 1.71. The van der Waals surface area contributed by atoms with Crippen LogP contribution in [0.4, 0.5) is 5.69 Å². The number of nitrogens with one attached hydrogen (secondary N) is 1. The van der Waals surface area contributed by atoms with Gasteiger partial charge in [0.2, 0.25) is 11.8 Å². The van der Waals surface area contributed by atoms with Crippen molar-refractivity contribution in [2.75, 3.05) is 25.5 Å². The van der Waals surface area contributed by atoms with Gasteiger partial charge in [0.15, 0.2) is 5.76 Å². The second kappa shape index (κ2) is 10.1. The Balaban J connectivity index is 1.65. The summed E-state index contributed by atoms with van der Waals surface area (Å²) in [6, 6.07) is 14.8. The minimum atomic E-state index is -0.121. The summed E-state index contributed by atoms with van der Waals surface area (Å²) in [5, 5.41) is 3.54. The molecule has 1 aromatic heterocycles. The lowest BCUT2D eigenvalue weighted by atomic mass is 10.2. The first-order valence-corrected chi connectivity index (χ1v) is 9.82. The number of amides is 1. The zero-order valence-corrected chi connectivity index (χ0v) is 17.3. The minimum absolute atomic E-state index is 0.121. The van der Waals surface area contributed by atoms with E-state index in [1.807, 2.05) is 53.4 Å². The molecule has 3 aromatic rings. The number of hydrogen-bond acceptors (Lipinski definition) is 5. The molecular weight excluding hydrogens is 390 g/mol. The number of carbonyl (C=O) groups excluding carboxylic acids is 1. The Kier molecular flexibility index (Phi) is 7.27. The largest absolute Gasteiger partial charge is 0.495 e. The Hall–Kier alpha value is -2.83. The molecule has 1 heterocycles. The summed E-state index contributed by atoms with van der Waals surface area (Å²) in [5.41, 5.74) is 1.52. The monoisotopic (exact) mass is 413 g/mol. The van der Waals surface area contributed by atoms with E-state index in [-0.39, 0.29) is 12.5 Å². The number of methoxy groups -OCH3 is 1. The molecule has 0 fully saturated rings. The van der Waals surface area contributed by atoms with Crippen molar-refractivity contribution >= 4 is 23.2 Å². The predicted octanol–water partition coefficient (Wildman–Crippen LogP) is 4.85. The maximum Gasteiger partial charge on any atom is 0.238 e. The second-order valence-electron chi connectivity index (χ2n) is 6.59. The molecule has 0 unspecified atom stereocenters. The zero-order chi connectivity index (χ0) is 20.6. The Bertz CT molecular complexity index is 958. The fourth-order valence-electron chi connectivity index (χ4n) is 3.02. The molecule has 29 heavy (non-hydrogen) atoms. The van der Waals surface area contributed by atoms with Crippen LogP contribution in [0.5, 0.6) is 5.75 Å². The molecule has 0 spiro atoms. The van der Waals surface area contributed by atoms with E-state index in [2.05, 4.69) is 17.2 Å². The molecule has 1 amide bonds. The van der Waals surface area contributed by atoms with E-state index < -0.39 is 0 Å². The standard InChI is InChI=1S/C22H24ClN3O3/c1-3-11-26(14-21(27)25-18-9-4-5-10-19(18)28-2)15-22-24-13-20(29-22)16-7-6-8-17(23)12-16/h4-10,12-13H,3,11,14-15H2,1-2H3,(H,25,27). The second-order valence-corrected chi connectivity index (χ2v) is 7.02. The van der Waals surface area contributed by atoms with E-state index >= 15 is 0 Å². The summed E-state index contributed by atoms with van der Waals surface area (Å²) in [6.45, 7) is 3.47. The van der Waals surface area contributed by atoms with Crippen LogP contribution in [0.3, 0.4) is 0 Å². The van der Waals surface area contributed by atoms with Gasteiger partial charge in [-0.1, -0.05) is 42.8 Å². The third-order valence-corrected chi connectivity index (χ3v) is 4.54. The number of halogens is 1. The van der Waals surface area contributed by atoms with Crippen LogP contribution >= 0.6 is 11.6 Å². The van der Waals surface area contributed by atoms with Crippen LogP contribution in [0.2, 0.25) is 5.02 Å². The Morgan fingerprint density at radius 1 is 1.24 bits per heavy atom. The van der Waals surface area contributed by atoms with Crippen LogP contribution in [-0.4, -0.2) is 36.0 Å². The minimum Gasteiger partial charge on any atom is -0.495 e. The van der Waals surface area contributed by atoms with Crippen molar-refractivity contribution in [2.45, 2.75) is 19.9 Å². The van der Waals surface area contributed by atoms with E-state index in [9.17, 15) is 4.79 Å². The highest BCUT2D eigenvalue weighted by Gasteiger charge is 2.16. The van der Waals surface area contributed by atoms with Crippen molar-refractivity contribution in [3.05, 3.63) is 65.6 Å². The number of rotatable bonds is 9. The number of oxazole rings is 1. The molecular formula is C22H24ClN3O3. The van der Waals surface area contributed by atoms with Gasteiger partial charge in [-0.25, -0.2) is 4.98 Å². The van der Waals surface area contributed by atoms with Gasteiger partial charge in [0.25, 0.3) is 0 Å². The third-order valence-electron chi connectivity index (χ3n) is 4.31. The Labute approximate surface area is 175 Å². The van der Waals surface area contributed by atoms with Gasteiger partial charge in [-0.15, -0.1) is 0 Å². The number of carbonyl (C=O) groups is 1. The summed E-state index contributed by atoms with van der Waals surface area (Å²) in [6.07, 6.45) is 2.59. The fraction of sp³-hybridized carbons (Fsp3) is 0.273. The van der Waals surface area contributed by atoms with Gasteiger partial charge >= 0.3 is 0 Å². The summed E-state index contributed by atoms with van der Waals surface area (Å²) >= 11 is 6.05. The lowest BCUT2D eigenvalue weighted by molar-refractivity contribution is -0.117. The van der Waals surface area contributed by atoms with Crippen molar-refractivity contribution in [2.24, 2.45) is 0 Å². The highest BCUT2D eigenvalue weighted by molar-refractivity contribution is 6.30. The van der Waals surface area contributed by atoms with Crippen LogP contribution in [0.25, 0.3) is 11.3 Å². The Morgan fingerprint density at radius 3 is 2.83 bits per heavy atom.